The molecule has 28 heavy (non-hydrogen) atoms. The molecule has 0 unspecified atom stereocenters. The lowest BCUT2D eigenvalue weighted by atomic mass is 10.1. The largest absolute Gasteiger partial charge is 0.433 e. The van der Waals surface area contributed by atoms with E-state index in [0.29, 0.717) is 24.0 Å². The molecular formula is C20H13F3N4O. The number of anilines is 1. The summed E-state index contributed by atoms with van der Waals surface area (Å²) in [6, 6.07) is 12.3. The second-order valence-electron chi connectivity index (χ2n) is 6.24. The number of hydrogen-bond acceptors (Lipinski definition) is 4. The standard InChI is InChI=1S/C20H13F3N4O/c21-20(22,23)16-9-8-14-17(26-10-4-5-11-26)15(12-24)19(28)27(18(14)25-16)13-6-2-1-3-7-13/h1-4,6-10H,5,11H2. The zero-order valence-corrected chi connectivity index (χ0v) is 14.4. The number of benzene rings is 1. The molecule has 8 heteroatoms. The smallest absolute Gasteiger partial charge is 0.346 e. The van der Waals surface area contributed by atoms with Crippen molar-refractivity contribution in [1.82, 2.24) is 9.55 Å². The topological polar surface area (TPSA) is 61.9 Å². The van der Waals surface area contributed by atoms with E-state index in [9.17, 15) is 23.2 Å². The summed E-state index contributed by atoms with van der Waals surface area (Å²) in [4.78, 5) is 18.6. The Morgan fingerprint density at radius 2 is 1.86 bits per heavy atom. The highest BCUT2D eigenvalue weighted by Gasteiger charge is 2.34. The van der Waals surface area contributed by atoms with Crippen LogP contribution in [0.25, 0.3) is 16.7 Å². The van der Waals surface area contributed by atoms with E-state index in [-0.39, 0.29) is 16.9 Å². The van der Waals surface area contributed by atoms with Crippen molar-refractivity contribution in [3.8, 4) is 11.8 Å². The first-order valence-corrected chi connectivity index (χ1v) is 8.47. The van der Waals surface area contributed by atoms with Crippen molar-refractivity contribution in [1.29, 1.82) is 5.26 Å². The van der Waals surface area contributed by atoms with Crippen LogP contribution in [0.15, 0.2) is 59.5 Å². The highest BCUT2D eigenvalue weighted by molar-refractivity contribution is 5.94. The minimum atomic E-state index is -4.66. The van der Waals surface area contributed by atoms with E-state index in [2.05, 4.69) is 4.98 Å². The first kappa shape index (κ1) is 17.8. The zero-order valence-electron chi connectivity index (χ0n) is 14.4. The lowest BCUT2D eigenvalue weighted by molar-refractivity contribution is -0.141. The fourth-order valence-corrected chi connectivity index (χ4v) is 3.30. The number of hydrogen-bond donors (Lipinski definition) is 0. The Morgan fingerprint density at radius 3 is 2.46 bits per heavy atom. The summed E-state index contributed by atoms with van der Waals surface area (Å²) in [6.07, 6.45) is -0.359. The van der Waals surface area contributed by atoms with E-state index in [1.807, 2.05) is 12.1 Å². The predicted octanol–water partition coefficient (Wildman–Crippen LogP) is 4.00. The van der Waals surface area contributed by atoms with Crippen molar-refractivity contribution in [3.05, 3.63) is 76.4 Å². The first-order chi connectivity index (χ1) is 13.4. The maximum atomic E-state index is 13.3. The van der Waals surface area contributed by atoms with Crippen LogP contribution in [0.1, 0.15) is 17.7 Å². The third-order valence-corrected chi connectivity index (χ3v) is 4.52. The number of pyridine rings is 2. The molecule has 0 amide bonds. The number of fused-ring (bicyclic) bond motifs is 1. The summed E-state index contributed by atoms with van der Waals surface area (Å²) in [5, 5.41) is 9.96. The molecule has 3 aromatic rings. The van der Waals surface area contributed by atoms with Crippen molar-refractivity contribution in [3.63, 3.8) is 0 Å². The Labute approximate surface area is 157 Å². The van der Waals surface area contributed by atoms with Crippen LogP contribution in [-0.2, 0) is 6.18 Å². The number of rotatable bonds is 2. The highest BCUT2D eigenvalue weighted by Crippen LogP contribution is 2.34. The van der Waals surface area contributed by atoms with Crippen LogP contribution in [0.4, 0.5) is 18.9 Å². The van der Waals surface area contributed by atoms with Crippen LogP contribution in [0.3, 0.4) is 0 Å². The molecule has 140 valence electrons. The SMILES string of the molecule is N#Cc1c(N2C=CCC2)c2ccc(C(F)(F)F)nc2n(-c2ccccc2)c1=O. The lowest BCUT2D eigenvalue weighted by Crippen LogP contribution is -2.27. The molecule has 0 fully saturated rings. The summed E-state index contributed by atoms with van der Waals surface area (Å²) < 4.78 is 40.9. The van der Waals surface area contributed by atoms with Crippen molar-refractivity contribution in [2.75, 3.05) is 11.4 Å². The number of halogens is 3. The molecule has 0 N–H and O–H groups in total. The molecule has 4 rings (SSSR count). The van der Waals surface area contributed by atoms with Gasteiger partial charge in [-0.2, -0.15) is 18.4 Å². The minimum Gasteiger partial charge on any atom is -0.346 e. The number of alkyl halides is 3. The van der Waals surface area contributed by atoms with Crippen LogP contribution in [0.5, 0.6) is 0 Å². The van der Waals surface area contributed by atoms with Gasteiger partial charge in [-0.25, -0.2) is 4.98 Å². The van der Waals surface area contributed by atoms with Crippen molar-refractivity contribution < 1.29 is 13.2 Å². The van der Waals surface area contributed by atoms with Gasteiger partial charge >= 0.3 is 6.18 Å². The van der Waals surface area contributed by atoms with Crippen LogP contribution < -0.4 is 10.5 Å². The van der Waals surface area contributed by atoms with Gasteiger partial charge in [-0.05, 0) is 30.7 Å². The fourth-order valence-electron chi connectivity index (χ4n) is 3.30. The Bertz CT molecular complexity index is 1190. The summed E-state index contributed by atoms with van der Waals surface area (Å²) in [5.74, 6) is 0. The van der Waals surface area contributed by atoms with E-state index in [1.165, 1.54) is 6.07 Å². The molecule has 1 aliphatic rings. The van der Waals surface area contributed by atoms with Gasteiger partial charge in [0.25, 0.3) is 5.56 Å². The van der Waals surface area contributed by atoms with E-state index in [1.54, 1.807) is 41.4 Å². The molecule has 1 aliphatic heterocycles. The second-order valence-corrected chi connectivity index (χ2v) is 6.24. The lowest BCUT2D eigenvalue weighted by Gasteiger charge is -2.22. The van der Waals surface area contributed by atoms with Crippen molar-refractivity contribution in [2.24, 2.45) is 0 Å². The molecule has 0 saturated heterocycles. The van der Waals surface area contributed by atoms with Gasteiger partial charge in [-0.15, -0.1) is 0 Å². The number of para-hydroxylation sites is 1. The van der Waals surface area contributed by atoms with Crippen molar-refractivity contribution >= 4 is 16.7 Å². The van der Waals surface area contributed by atoms with Gasteiger partial charge in [-0.1, -0.05) is 24.3 Å². The molecule has 0 radical (unpaired) electrons. The molecule has 2 aromatic heterocycles. The van der Waals surface area contributed by atoms with Gasteiger partial charge in [0, 0.05) is 18.1 Å². The van der Waals surface area contributed by atoms with Gasteiger partial charge in [0.1, 0.15) is 23.0 Å². The van der Waals surface area contributed by atoms with Gasteiger partial charge in [0.05, 0.1) is 11.4 Å². The summed E-state index contributed by atoms with van der Waals surface area (Å²) in [5.41, 5.74) is -1.46. The highest BCUT2D eigenvalue weighted by atomic mass is 19.4. The molecule has 0 spiro atoms. The molecule has 0 saturated carbocycles. The Balaban J connectivity index is 2.17. The van der Waals surface area contributed by atoms with Gasteiger partial charge in [0.15, 0.2) is 0 Å². The van der Waals surface area contributed by atoms with Crippen LogP contribution in [0, 0.1) is 11.3 Å². The monoisotopic (exact) mass is 382 g/mol. The van der Waals surface area contributed by atoms with E-state index in [4.69, 9.17) is 0 Å². The van der Waals surface area contributed by atoms with Crippen LogP contribution >= 0.6 is 0 Å². The summed E-state index contributed by atoms with van der Waals surface area (Å²) >= 11 is 0. The molecule has 0 atom stereocenters. The Hall–Kier alpha value is -3.60. The van der Waals surface area contributed by atoms with E-state index < -0.39 is 17.4 Å². The van der Waals surface area contributed by atoms with Crippen molar-refractivity contribution in [2.45, 2.75) is 12.6 Å². The first-order valence-electron chi connectivity index (χ1n) is 8.47. The van der Waals surface area contributed by atoms with E-state index in [0.717, 1.165) is 10.6 Å². The Morgan fingerprint density at radius 1 is 1.11 bits per heavy atom. The maximum Gasteiger partial charge on any atom is 0.433 e. The van der Waals surface area contributed by atoms with Gasteiger partial charge in [-0.3, -0.25) is 9.36 Å². The zero-order chi connectivity index (χ0) is 19.9. The van der Waals surface area contributed by atoms with Gasteiger partial charge in [0.2, 0.25) is 0 Å². The fraction of sp³-hybridized carbons (Fsp3) is 0.150. The molecule has 0 aliphatic carbocycles. The molecule has 5 nitrogen and oxygen atoms in total. The van der Waals surface area contributed by atoms with Crippen LogP contribution in [0.2, 0.25) is 0 Å². The normalized spacial score (nSPS) is 13.9. The summed E-state index contributed by atoms with van der Waals surface area (Å²) in [6.45, 7) is 0.527. The molecule has 3 heterocycles. The average Bonchev–Trinajstić information content (AvgIpc) is 3.21. The maximum absolute atomic E-state index is 13.3. The molecule has 0 bridgehead atoms. The quantitative estimate of drug-likeness (QED) is 0.672. The Kier molecular flexibility index (Phi) is 4.15. The molecular weight excluding hydrogens is 369 g/mol. The number of nitriles is 1. The number of nitrogens with zero attached hydrogens (tertiary/aromatic N) is 4. The van der Waals surface area contributed by atoms with E-state index >= 15 is 0 Å². The predicted molar refractivity (Wildman–Crippen MR) is 98.2 cm³/mol. The minimum absolute atomic E-state index is 0.135. The summed E-state index contributed by atoms with van der Waals surface area (Å²) in [7, 11) is 0. The third kappa shape index (κ3) is 2.81. The second kappa shape index (κ2) is 6.53. The van der Waals surface area contributed by atoms with Crippen LogP contribution in [-0.4, -0.2) is 16.1 Å². The molecule has 1 aromatic carbocycles. The van der Waals surface area contributed by atoms with Gasteiger partial charge < -0.3 is 4.90 Å². The average molecular weight is 382 g/mol. The number of aromatic nitrogens is 2. The third-order valence-electron chi connectivity index (χ3n) is 4.52.